The van der Waals surface area contributed by atoms with Crippen molar-refractivity contribution < 1.29 is 9.59 Å². The molecule has 0 fully saturated rings. The summed E-state index contributed by atoms with van der Waals surface area (Å²) in [6.07, 6.45) is 0. The maximum atomic E-state index is 13.9. The highest BCUT2D eigenvalue weighted by Gasteiger charge is 2.33. The molecule has 4 aromatic carbocycles. The Morgan fingerprint density at radius 1 is 0.707 bits per heavy atom. The van der Waals surface area contributed by atoms with Gasteiger partial charge in [-0.2, -0.15) is 0 Å². The molecule has 0 unspecified atom stereocenters. The van der Waals surface area contributed by atoms with Crippen molar-refractivity contribution in [3.8, 4) is 22.5 Å². The molecule has 0 saturated carbocycles. The molecular formula is C35H30N4O2. The van der Waals surface area contributed by atoms with E-state index in [1.165, 1.54) is 16.7 Å². The van der Waals surface area contributed by atoms with Gasteiger partial charge in [0.2, 0.25) is 5.91 Å². The van der Waals surface area contributed by atoms with Gasteiger partial charge in [-0.25, -0.2) is 9.97 Å². The van der Waals surface area contributed by atoms with E-state index in [-0.39, 0.29) is 17.2 Å². The van der Waals surface area contributed by atoms with E-state index in [4.69, 9.17) is 4.98 Å². The first kappa shape index (κ1) is 25.1. The van der Waals surface area contributed by atoms with E-state index in [2.05, 4.69) is 56.9 Å². The summed E-state index contributed by atoms with van der Waals surface area (Å²) in [5.74, 6) is 1.20. The molecule has 1 aliphatic heterocycles. The van der Waals surface area contributed by atoms with Gasteiger partial charge in [0, 0.05) is 17.9 Å². The second-order valence-electron chi connectivity index (χ2n) is 11.7. The van der Waals surface area contributed by atoms with Gasteiger partial charge in [0.25, 0.3) is 5.91 Å². The lowest BCUT2D eigenvalue weighted by molar-refractivity contribution is 0.0937. The highest BCUT2D eigenvalue weighted by molar-refractivity contribution is 6.13. The van der Waals surface area contributed by atoms with Crippen molar-refractivity contribution in [2.24, 2.45) is 0 Å². The van der Waals surface area contributed by atoms with E-state index in [0.717, 1.165) is 44.3 Å². The Balaban J connectivity index is 1.31. The minimum Gasteiger partial charge on any atom is -0.274 e. The van der Waals surface area contributed by atoms with E-state index >= 15 is 0 Å². The average molecular weight is 539 g/mol. The number of aryl methyl sites for hydroxylation is 3. The van der Waals surface area contributed by atoms with Crippen LogP contribution in [-0.4, -0.2) is 30.9 Å². The molecule has 0 radical (unpaired) electrons. The Morgan fingerprint density at radius 3 is 2.02 bits per heavy atom. The molecular weight excluding hydrogens is 508 g/mol. The van der Waals surface area contributed by atoms with E-state index in [1.54, 1.807) is 16.1 Å². The molecule has 0 N–H and O–H groups in total. The van der Waals surface area contributed by atoms with Crippen LogP contribution in [0, 0.1) is 20.8 Å². The highest BCUT2D eigenvalue weighted by Crippen LogP contribution is 2.40. The normalized spacial score (nSPS) is 12.8. The molecule has 0 bridgehead atoms. The summed E-state index contributed by atoms with van der Waals surface area (Å²) in [5, 5.41) is 0. The Bertz CT molecular complexity index is 2110. The first-order valence-corrected chi connectivity index (χ1v) is 13.8. The molecule has 1 aliphatic rings. The summed E-state index contributed by atoms with van der Waals surface area (Å²) in [7, 11) is 0. The number of nitrogens with zero attached hydrogens (tertiary/aromatic N) is 4. The predicted octanol–water partition coefficient (Wildman–Crippen LogP) is 7.63. The van der Waals surface area contributed by atoms with Crippen molar-refractivity contribution in [1.82, 2.24) is 19.1 Å². The first-order valence-electron chi connectivity index (χ1n) is 13.8. The highest BCUT2D eigenvalue weighted by atomic mass is 16.2. The second kappa shape index (κ2) is 8.58. The van der Waals surface area contributed by atoms with Gasteiger partial charge in [0.05, 0.1) is 27.6 Å². The van der Waals surface area contributed by atoms with Gasteiger partial charge in [0.1, 0.15) is 11.6 Å². The fourth-order valence-corrected chi connectivity index (χ4v) is 6.14. The third kappa shape index (κ3) is 3.63. The topological polar surface area (TPSA) is 69.8 Å². The van der Waals surface area contributed by atoms with Crippen LogP contribution in [0.4, 0.5) is 0 Å². The van der Waals surface area contributed by atoms with Gasteiger partial charge >= 0.3 is 0 Å². The number of fused-ring (bicyclic) bond motifs is 6. The van der Waals surface area contributed by atoms with E-state index in [1.807, 2.05) is 55.5 Å². The van der Waals surface area contributed by atoms with Gasteiger partial charge in [-0.15, -0.1) is 0 Å². The van der Waals surface area contributed by atoms with Crippen LogP contribution in [0.2, 0.25) is 0 Å². The van der Waals surface area contributed by atoms with Crippen LogP contribution in [0.5, 0.6) is 0 Å². The van der Waals surface area contributed by atoms with Crippen molar-refractivity contribution in [3.05, 3.63) is 106 Å². The van der Waals surface area contributed by atoms with Crippen LogP contribution in [-0.2, 0) is 5.41 Å². The van der Waals surface area contributed by atoms with E-state index in [0.29, 0.717) is 17.2 Å². The van der Waals surface area contributed by atoms with Gasteiger partial charge in [-0.3, -0.25) is 18.7 Å². The quantitative estimate of drug-likeness (QED) is 0.232. The van der Waals surface area contributed by atoms with E-state index < -0.39 is 0 Å². The molecule has 202 valence electrons. The summed E-state index contributed by atoms with van der Waals surface area (Å²) in [6, 6.07) is 24.7. The number of carbonyl (C=O) groups excluding carboxylic acids is 2. The minimum absolute atomic E-state index is 0.0619. The molecule has 0 spiro atoms. The zero-order chi connectivity index (χ0) is 28.8. The van der Waals surface area contributed by atoms with Gasteiger partial charge in [-0.1, -0.05) is 56.3 Å². The Morgan fingerprint density at radius 2 is 1.34 bits per heavy atom. The maximum absolute atomic E-state index is 13.9. The number of hydrogen-bond acceptors (Lipinski definition) is 4. The molecule has 6 heteroatoms. The number of imidazole rings is 2. The first-order chi connectivity index (χ1) is 19.5. The molecule has 0 saturated heterocycles. The number of rotatable bonds is 3. The van der Waals surface area contributed by atoms with Crippen molar-refractivity contribution in [2.45, 2.75) is 47.0 Å². The van der Waals surface area contributed by atoms with E-state index in [9.17, 15) is 9.59 Å². The van der Waals surface area contributed by atoms with Crippen molar-refractivity contribution in [2.75, 3.05) is 0 Å². The summed E-state index contributed by atoms with van der Waals surface area (Å²) < 4.78 is 3.36. The van der Waals surface area contributed by atoms with Gasteiger partial charge in [-0.05, 0) is 84.5 Å². The van der Waals surface area contributed by atoms with Crippen LogP contribution in [0.25, 0.3) is 44.6 Å². The third-order valence-electron chi connectivity index (χ3n) is 8.77. The average Bonchev–Trinajstić information content (AvgIpc) is 3.57. The third-order valence-corrected chi connectivity index (χ3v) is 8.77. The summed E-state index contributed by atoms with van der Waals surface area (Å²) in [5.41, 5.74) is 11.1. The van der Waals surface area contributed by atoms with Crippen molar-refractivity contribution >= 4 is 33.9 Å². The fourth-order valence-electron chi connectivity index (χ4n) is 6.14. The van der Waals surface area contributed by atoms with Crippen molar-refractivity contribution in [1.29, 1.82) is 0 Å². The molecule has 41 heavy (non-hydrogen) atoms. The largest absolute Gasteiger partial charge is 0.274 e. The zero-order valence-electron chi connectivity index (χ0n) is 24.0. The molecule has 6 nitrogen and oxygen atoms in total. The zero-order valence-corrected chi connectivity index (χ0v) is 24.0. The van der Waals surface area contributed by atoms with Crippen LogP contribution in [0.15, 0.2) is 72.8 Å². The van der Waals surface area contributed by atoms with Crippen LogP contribution in [0.3, 0.4) is 0 Å². The fraction of sp³-hybridized carbons (Fsp3) is 0.200. The van der Waals surface area contributed by atoms with Gasteiger partial charge in [0.15, 0.2) is 0 Å². The summed E-state index contributed by atoms with van der Waals surface area (Å²) in [6.45, 7) is 12.0. The monoisotopic (exact) mass is 538 g/mol. The minimum atomic E-state index is -0.267. The van der Waals surface area contributed by atoms with Crippen molar-refractivity contribution in [3.63, 3.8) is 0 Å². The molecule has 3 heterocycles. The van der Waals surface area contributed by atoms with Gasteiger partial charge < -0.3 is 0 Å². The maximum Gasteiger partial charge on any atom is 0.264 e. The lowest BCUT2D eigenvalue weighted by Crippen LogP contribution is -2.20. The lowest BCUT2D eigenvalue weighted by atomic mass is 9.76. The van der Waals surface area contributed by atoms with Crippen LogP contribution < -0.4 is 0 Å². The predicted molar refractivity (Wildman–Crippen MR) is 163 cm³/mol. The standard InChI is InChI=1S/C35H30N4O2/c1-19-7-10-25(15-20(19)2)35(5,6)26-11-12-27-28(18-26)34(41)39-32-17-24(9-14-30(32)37-33(27)39)23-8-13-29-31(16-23)38(22(4)40)21(3)36-29/h7-18H,1-6H3. The SMILES string of the molecule is CC(=O)n1c(C)nc2ccc(-c3ccc4nc5n(c4c3)C(=O)c3cc(C(C)(C)c4ccc(C)c(C)c4)ccc3-5)cc21. The summed E-state index contributed by atoms with van der Waals surface area (Å²) in [4.78, 5) is 35.6. The number of benzene rings is 4. The molecule has 0 amide bonds. The lowest BCUT2D eigenvalue weighted by Gasteiger charge is -2.27. The number of carbonyl (C=O) groups is 2. The van der Waals surface area contributed by atoms with Crippen LogP contribution in [0.1, 0.15) is 64.0 Å². The molecule has 2 aromatic heterocycles. The number of hydrogen-bond donors (Lipinski definition) is 0. The molecule has 6 aromatic rings. The Hall–Kier alpha value is -4.84. The second-order valence-corrected chi connectivity index (χ2v) is 11.7. The molecule has 0 atom stereocenters. The number of aromatic nitrogens is 4. The Kier molecular flexibility index (Phi) is 5.26. The van der Waals surface area contributed by atoms with Crippen LogP contribution >= 0.6 is 0 Å². The molecule has 0 aliphatic carbocycles. The summed E-state index contributed by atoms with van der Waals surface area (Å²) >= 11 is 0. The smallest absolute Gasteiger partial charge is 0.264 e. The Labute approximate surface area is 238 Å². The molecule has 7 rings (SSSR count).